The second-order valence-electron chi connectivity index (χ2n) is 5.69. The Morgan fingerprint density at radius 1 is 1.12 bits per heavy atom. The molecule has 3 rings (SSSR count). The van der Waals surface area contributed by atoms with Gasteiger partial charge in [-0.1, -0.05) is 17.3 Å². The third-order valence-corrected chi connectivity index (χ3v) is 3.89. The Kier molecular flexibility index (Phi) is 5.46. The lowest BCUT2D eigenvalue weighted by atomic mass is 10.2. The highest BCUT2D eigenvalue weighted by molar-refractivity contribution is 5.76. The highest BCUT2D eigenvalue weighted by atomic mass is 16.1. The number of amides is 1. The molecule has 7 nitrogen and oxygen atoms in total. The molecule has 0 radical (unpaired) electrons. The smallest absolute Gasteiger partial charge is 0.277 e. The Hall–Kier alpha value is -3.09. The van der Waals surface area contributed by atoms with Gasteiger partial charge in [0.25, 0.3) is 5.56 Å². The van der Waals surface area contributed by atoms with Crippen LogP contribution >= 0.6 is 0 Å². The van der Waals surface area contributed by atoms with Crippen molar-refractivity contribution < 1.29 is 4.79 Å². The van der Waals surface area contributed by atoms with Gasteiger partial charge in [-0.2, -0.15) is 0 Å². The maximum absolute atomic E-state index is 12.3. The molecule has 0 saturated carbocycles. The van der Waals surface area contributed by atoms with E-state index >= 15 is 0 Å². The van der Waals surface area contributed by atoms with E-state index in [1.807, 2.05) is 18.2 Å². The summed E-state index contributed by atoms with van der Waals surface area (Å²) in [5, 5.41) is 11.4. The first-order valence-corrected chi connectivity index (χ1v) is 8.22. The molecule has 0 aliphatic heterocycles. The first kappa shape index (κ1) is 16.8. The van der Waals surface area contributed by atoms with Crippen LogP contribution in [0.3, 0.4) is 0 Å². The van der Waals surface area contributed by atoms with Gasteiger partial charge in [0.2, 0.25) is 5.91 Å². The number of hydrogen-bond donors (Lipinski definition) is 1. The van der Waals surface area contributed by atoms with Gasteiger partial charge in [-0.25, -0.2) is 4.68 Å². The van der Waals surface area contributed by atoms with Crippen molar-refractivity contribution >= 4 is 16.8 Å². The van der Waals surface area contributed by atoms with Gasteiger partial charge in [-0.15, -0.1) is 5.10 Å². The molecule has 0 aliphatic rings. The molecule has 0 aliphatic carbocycles. The number of pyridine rings is 1. The molecule has 2 aromatic heterocycles. The average Bonchev–Trinajstić information content (AvgIpc) is 2.65. The Morgan fingerprint density at radius 2 is 1.92 bits per heavy atom. The van der Waals surface area contributed by atoms with E-state index in [4.69, 9.17) is 0 Å². The number of carbonyl (C=O) groups is 1. The van der Waals surface area contributed by atoms with Crippen LogP contribution in [0.25, 0.3) is 10.9 Å². The van der Waals surface area contributed by atoms with Crippen molar-refractivity contribution in [2.45, 2.75) is 25.8 Å². The number of aromatic nitrogens is 4. The van der Waals surface area contributed by atoms with Crippen LogP contribution in [0, 0.1) is 0 Å². The second-order valence-corrected chi connectivity index (χ2v) is 5.69. The van der Waals surface area contributed by atoms with Crippen molar-refractivity contribution in [3.63, 3.8) is 0 Å². The number of rotatable bonds is 7. The van der Waals surface area contributed by atoms with Crippen LogP contribution in [-0.4, -0.2) is 32.4 Å². The standard InChI is InChI=1S/C18H19N5O2/c24-17(20-12-9-14-7-10-19-11-8-14)6-3-13-23-18(25)15-4-1-2-5-16(15)21-22-23/h1-2,4-5,7-8,10-11H,3,6,9,12-13H2,(H,20,24). The normalized spacial score (nSPS) is 10.7. The minimum Gasteiger partial charge on any atom is -0.356 e. The van der Waals surface area contributed by atoms with Gasteiger partial charge >= 0.3 is 0 Å². The molecule has 1 N–H and O–H groups in total. The van der Waals surface area contributed by atoms with Gasteiger partial charge in [0.05, 0.1) is 5.39 Å². The molecular formula is C18H19N5O2. The summed E-state index contributed by atoms with van der Waals surface area (Å²) in [6.45, 7) is 0.951. The molecule has 25 heavy (non-hydrogen) atoms. The Balaban J connectivity index is 1.45. The summed E-state index contributed by atoms with van der Waals surface area (Å²) in [6.07, 6.45) is 5.12. The highest BCUT2D eigenvalue weighted by Gasteiger charge is 2.06. The van der Waals surface area contributed by atoms with E-state index in [0.717, 1.165) is 12.0 Å². The summed E-state index contributed by atoms with van der Waals surface area (Å²) in [5.41, 5.74) is 1.54. The van der Waals surface area contributed by atoms with E-state index in [2.05, 4.69) is 20.6 Å². The van der Waals surface area contributed by atoms with Crippen molar-refractivity contribution in [1.29, 1.82) is 0 Å². The van der Waals surface area contributed by atoms with Crippen molar-refractivity contribution in [2.75, 3.05) is 6.54 Å². The van der Waals surface area contributed by atoms with Crippen LogP contribution in [-0.2, 0) is 17.8 Å². The van der Waals surface area contributed by atoms with E-state index in [-0.39, 0.29) is 11.5 Å². The number of hydrogen-bond acceptors (Lipinski definition) is 5. The minimum absolute atomic E-state index is 0.0316. The number of benzene rings is 1. The van der Waals surface area contributed by atoms with E-state index in [1.165, 1.54) is 4.68 Å². The minimum atomic E-state index is -0.177. The van der Waals surface area contributed by atoms with E-state index in [1.54, 1.807) is 30.6 Å². The third-order valence-electron chi connectivity index (χ3n) is 3.89. The van der Waals surface area contributed by atoms with Crippen LogP contribution in [0.5, 0.6) is 0 Å². The van der Waals surface area contributed by atoms with Crippen molar-refractivity contribution in [3.8, 4) is 0 Å². The SMILES string of the molecule is O=C(CCCn1nnc2ccccc2c1=O)NCCc1ccncc1. The number of aryl methyl sites for hydroxylation is 1. The predicted molar refractivity (Wildman–Crippen MR) is 94.0 cm³/mol. The molecular weight excluding hydrogens is 318 g/mol. The zero-order chi connectivity index (χ0) is 17.5. The summed E-state index contributed by atoms with van der Waals surface area (Å²) < 4.78 is 1.31. The van der Waals surface area contributed by atoms with E-state index < -0.39 is 0 Å². The topological polar surface area (TPSA) is 89.8 Å². The second kappa shape index (κ2) is 8.14. The highest BCUT2D eigenvalue weighted by Crippen LogP contribution is 2.04. The van der Waals surface area contributed by atoms with Crippen molar-refractivity contribution in [2.24, 2.45) is 0 Å². The Bertz CT molecular complexity index is 908. The molecule has 128 valence electrons. The van der Waals surface area contributed by atoms with Crippen molar-refractivity contribution in [3.05, 3.63) is 64.7 Å². The van der Waals surface area contributed by atoms with Gasteiger partial charge < -0.3 is 5.32 Å². The van der Waals surface area contributed by atoms with Gasteiger partial charge in [0.1, 0.15) is 5.52 Å². The lowest BCUT2D eigenvalue weighted by molar-refractivity contribution is -0.121. The van der Waals surface area contributed by atoms with E-state index in [9.17, 15) is 9.59 Å². The number of carbonyl (C=O) groups excluding carboxylic acids is 1. The quantitative estimate of drug-likeness (QED) is 0.702. The summed E-state index contributed by atoms with van der Waals surface area (Å²) in [5.74, 6) is -0.0316. The zero-order valence-corrected chi connectivity index (χ0v) is 13.8. The fourth-order valence-electron chi connectivity index (χ4n) is 2.54. The van der Waals surface area contributed by atoms with Crippen LogP contribution in [0.2, 0.25) is 0 Å². The molecule has 0 saturated heterocycles. The molecule has 0 fully saturated rings. The molecule has 1 amide bonds. The summed E-state index contributed by atoms with van der Waals surface area (Å²) in [4.78, 5) is 28.1. The van der Waals surface area contributed by atoms with Crippen LogP contribution < -0.4 is 10.9 Å². The zero-order valence-electron chi connectivity index (χ0n) is 13.8. The molecule has 0 atom stereocenters. The van der Waals surface area contributed by atoms with Crippen molar-refractivity contribution in [1.82, 2.24) is 25.3 Å². The fraction of sp³-hybridized carbons (Fsp3) is 0.278. The first-order chi connectivity index (χ1) is 12.2. The number of nitrogens with zero attached hydrogens (tertiary/aromatic N) is 4. The fourth-order valence-corrected chi connectivity index (χ4v) is 2.54. The van der Waals surface area contributed by atoms with Crippen LogP contribution in [0.1, 0.15) is 18.4 Å². The van der Waals surface area contributed by atoms with Crippen LogP contribution in [0.4, 0.5) is 0 Å². The van der Waals surface area contributed by atoms with E-state index in [0.29, 0.717) is 36.8 Å². The molecule has 7 heteroatoms. The predicted octanol–water partition coefficient (Wildman–Crippen LogP) is 1.33. The first-order valence-electron chi connectivity index (χ1n) is 8.22. The molecule has 2 heterocycles. The summed E-state index contributed by atoms with van der Waals surface area (Å²) >= 11 is 0. The summed E-state index contributed by atoms with van der Waals surface area (Å²) in [7, 11) is 0. The largest absolute Gasteiger partial charge is 0.356 e. The Morgan fingerprint density at radius 3 is 2.76 bits per heavy atom. The molecule has 1 aromatic carbocycles. The molecule has 0 spiro atoms. The number of fused-ring (bicyclic) bond motifs is 1. The monoisotopic (exact) mass is 337 g/mol. The summed E-state index contributed by atoms with van der Waals surface area (Å²) in [6, 6.07) is 11.0. The molecule has 3 aromatic rings. The van der Waals surface area contributed by atoms with Gasteiger partial charge in [-0.05, 0) is 42.7 Å². The van der Waals surface area contributed by atoms with Gasteiger partial charge in [-0.3, -0.25) is 14.6 Å². The lowest BCUT2D eigenvalue weighted by Gasteiger charge is -2.06. The van der Waals surface area contributed by atoms with Gasteiger partial charge in [0.15, 0.2) is 0 Å². The average molecular weight is 337 g/mol. The Labute approximate surface area is 144 Å². The molecule has 0 unspecified atom stereocenters. The van der Waals surface area contributed by atoms with Crippen LogP contribution in [0.15, 0.2) is 53.6 Å². The van der Waals surface area contributed by atoms with Gasteiger partial charge in [0, 0.05) is 31.9 Å². The maximum atomic E-state index is 12.3. The lowest BCUT2D eigenvalue weighted by Crippen LogP contribution is -2.27. The maximum Gasteiger partial charge on any atom is 0.277 e. The third kappa shape index (κ3) is 4.47. The molecule has 0 bridgehead atoms. The number of nitrogens with one attached hydrogen (secondary N) is 1.